The number of methoxy groups -OCH3 is 1. The van der Waals surface area contributed by atoms with E-state index < -0.39 is 5.60 Å². The molecule has 14 rings (SSSR count). The van der Waals surface area contributed by atoms with Crippen molar-refractivity contribution in [3.8, 4) is 0 Å². The zero-order valence-electron chi connectivity index (χ0n) is 68.9. The number of piperidine rings is 2. The van der Waals surface area contributed by atoms with Gasteiger partial charge in [0.2, 0.25) is 0 Å². The fourth-order valence-electron chi connectivity index (χ4n) is 14.1. The lowest BCUT2D eigenvalue weighted by Crippen LogP contribution is -2.60. The maximum Gasteiger partial charge on any atom is 0.407 e. The van der Waals surface area contributed by atoms with Crippen LogP contribution in [0.1, 0.15) is 128 Å². The van der Waals surface area contributed by atoms with Crippen LogP contribution >= 0.6 is 241 Å². The van der Waals surface area contributed by atoms with E-state index in [4.69, 9.17) is 67.3 Å². The van der Waals surface area contributed by atoms with Crippen LogP contribution in [0.4, 0.5) is 28.1 Å². The van der Waals surface area contributed by atoms with Gasteiger partial charge >= 0.3 is 6.09 Å². The van der Waals surface area contributed by atoms with Crippen molar-refractivity contribution in [1.29, 1.82) is 0 Å². The van der Waals surface area contributed by atoms with E-state index in [9.17, 15) is 4.79 Å². The first-order valence-corrected chi connectivity index (χ1v) is 86.6. The predicted octanol–water partition coefficient (Wildman–Crippen LogP) is 27.0. The Morgan fingerprint density at radius 3 is 1.29 bits per heavy atom. The summed E-state index contributed by atoms with van der Waals surface area (Å²) in [6.45, 7) is 27.7. The standard InChI is InChI=1S/C30H38N8O2.C25H30N8.C10H9ClN2.C3H8O2.ClH.H29P27/c1-18-10-9-11-22-26(18)28(32-20(3)31-22)37-13-8-7-12-24(37)23-14-25-34-27(19(2)15-38(25)35-23)36-16-21(17-36)33-29(39)40-30(4,5)6;1-15-7-6-8-19-23(15)25(28-17(3)27-19)32-10-5-4-9-21(32)20-11-22-29-24(31-13-18(26)14-31)16(2)12-33(22)30-20;1-6-4-3-5-8-9(6)10(11)13-7(2)12-8;1-5-3-2-4;;1-15-22(14)26(23(16(2)3)17(4)5)27(24(18(6)7)19(8)9)25(20(10)11)21(12)13/h9-11,14-15,21,24H,7-8,12-13,16-17H2,1-6H3,(H,33,39);6-8,11-12,18,21H,4-5,9-10,13-14,26H2,1-3H3;3-5H,1-2H3;4H,2-3H2,1H3;1H;15H,1-14H2. The number of nitrogens with one attached hydrogen (secondary N) is 1. The molecular weight excluding hydrogens is 2040 g/mol. The number of alkyl carbamates (subject to hydrolysis) is 1. The largest absolute Gasteiger partial charge is 0.444 e. The number of hydrogen-bond acceptors (Lipinski definition) is 19. The minimum absolute atomic E-state index is 0. The number of benzene rings is 3. The maximum absolute atomic E-state index is 12.1. The van der Waals surface area contributed by atoms with E-state index in [2.05, 4.69) is 253 Å². The van der Waals surface area contributed by atoms with Gasteiger partial charge in [-0.3, -0.25) is 0 Å². The van der Waals surface area contributed by atoms with Crippen LogP contribution in [0.15, 0.2) is 79.1 Å². The lowest BCUT2D eigenvalue weighted by atomic mass is 9.98. The molecule has 51 heteroatoms. The van der Waals surface area contributed by atoms with E-state index in [1.165, 1.54) is 17.5 Å². The molecule has 4 N–H and O–H groups in total. The van der Waals surface area contributed by atoms with Crippen LogP contribution in [0.25, 0.3) is 44.0 Å². The minimum atomic E-state index is -0.511. The number of nitrogens with zero attached hydrogens (tertiary/aromatic N) is 16. The third-order valence-corrected chi connectivity index (χ3v) is 196. The van der Waals surface area contributed by atoms with Gasteiger partial charge in [0.25, 0.3) is 0 Å². The van der Waals surface area contributed by atoms with Gasteiger partial charge in [-0.05, 0) is 233 Å². The first kappa shape index (κ1) is 106. The van der Waals surface area contributed by atoms with E-state index in [1.54, 1.807) is 7.11 Å². The number of aromatic nitrogens is 12. The molecule has 0 bridgehead atoms. The fourth-order valence-corrected chi connectivity index (χ4v) is 359. The highest BCUT2D eigenvalue weighted by Crippen LogP contribution is 3.36. The SMILES string of the molecule is COCCO.Cc1nc(Cl)c2c(C)cccc2n1.Cc1nc(N2CCCCC2c2cc3nc(N4CC(N)C4)c(C)cn3n2)c2c(C)cccc2n1.Cc1nc(N2CCCCC2c2cc3nc(N4CC(NC(=O)OC(C)(C)C)C4)c(C)cn3n2)c2c(C)cccc2n1.Cl.PPP(P)P(P(P(P)P)P(P)P)P(P(P(P)P)P(P)P)P(P(P)P)P(P)P. The van der Waals surface area contributed by atoms with Crippen molar-refractivity contribution in [2.75, 3.05) is 79.2 Å². The molecule has 19 atom stereocenters. The molecule has 4 saturated heterocycles. The molecule has 19 unspecified atom stereocenters. The fraction of sp³-hybridized carbons (Fsp3) is 0.456. The van der Waals surface area contributed by atoms with Gasteiger partial charge in [-0.25, -0.2) is 53.7 Å². The quantitative estimate of drug-likeness (QED) is 0.0447. The van der Waals surface area contributed by atoms with E-state index in [-0.39, 0.29) is 133 Å². The summed E-state index contributed by atoms with van der Waals surface area (Å²) in [5, 5.41) is 24.6. The van der Waals surface area contributed by atoms with Gasteiger partial charge in [0, 0.05) is 104 Å². The van der Waals surface area contributed by atoms with Crippen LogP contribution < -0.4 is 30.7 Å². The number of rotatable bonds is 21. The summed E-state index contributed by atoms with van der Waals surface area (Å²) < 4.78 is 13.7. The van der Waals surface area contributed by atoms with Gasteiger partial charge in [-0.15, -0.1) is 137 Å². The number of carbonyl (C=O) groups is 1. The first-order chi connectivity index (χ1) is 55.9. The van der Waals surface area contributed by atoms with Crippen molar-refractivity contribution in [3.63, 3.8) is 0 Å². The molecule has 4 fully saturated rings. The molecule has 3 aromatic carbocycles. The number of amides is 1. The van der Waals surface area contributed by atoms with Crippen LogP contribution in [0.2, 0.25) is 5.15 Å². The number of ether oxygens (including phenoxy) is 2. The number of anilines is 4. The Morgan fingerprint density at radius 1 is 0.538 bits per heavy atom. The second-order valence-corrected chi connectivity index (χ2v) is 136. The van der Waals surface area contributed by atoms with Gasteiger partial charge in [-0.1, -0.05) is 56.0 Å². The van der Waals surface area contributed by atoms with Crippen LogP contribution in [-0.2, 0) is 9.47 Å². The summed E-state index contributed by atoms with van der Waals surface area (Å²) in [5.41, 5.74) is 17.8. The van der Waals surface area contributed by atoms with Crippen molar-refractivity contribution >= 4 is 314 Å². The molecule has 650 valence electrons. The third-order valence-electron chi connectivity index (χ3n) is 19.1. The number of fused-ring (bicyclic) bond motifs is 5. The highest BCUT2D eigenvalue weighted by molar-refractivity contribution is 9.42. The van der Waals surface area contributed by atoms with E-state index in [1.807, 2.05) is 75.7 Å². The summed E-state index contributed by atoms with van der Waals surface area (Å²) in [6, 6.07) is 23.3. The van der Waals surface area contributed by atoms with Crippen molar-refractivity contribution in [3.05, 3.63) is 141 Å². The molecule has 1 amide bonds. The number of aryl methyl sites for hydroxylation is 8. The molecule has 22 nitrogen and oxygen atoms in total. The lowest BCUT2D eigenvalue weighted by molar-refractivity contribution is 0.0495. The van der Waals surface area contributed by atoms with Crippen LogP contribution in [0, 0.1) is 55.4 Å². The molecule has 0 spiro atoms. The molecule has 0 saturated carbocycles. The van der Waals surface area contributed by atoms with Gasteiger partial charge in [0.05, 0.1) is 59.3 Å². The zero-order valence-corrected chi connectivity index (χ0v) is 98.3. The van der Waals surface area contributed by atoms with Gasteiger partial charge < -0.3 is 45.2 Å². The molecular formula is C68H115Cl2N18O4P27. The summed E-state index contributed by atoms with van der Waals surface area (Å²) in [6.07, 6.45) is 10.4. The lowest BCUT2D eigenvalue weighted by Gasteiger charge is -2.50. The van der Waals surface area contributed by atoms with Crippen molar-refractivity contribution in [2.24, 2.45) is 5.73 Å². The number of aliphatic hydroxyl groups is 1. The predicted molar refractivity (Wildman–Crippen MR) is 594 cm³/mol. The second kappa shape index (κ2) is 49.6. The Kier molecular flexibility index (Phi) is 44.3. The molecule has 0 radical (unpaired) electrons. The number of halogens is 2. The second-order valence-electron chi connectivity index (χ2n) is 29.5. The van der Waals surface area contributed by atoms with E-state index in [0.717, 1.165) is 173 Å². The minimum Gasteiger partial charge on any atom is -0.444 e. The van der Waals surface area contributed by atoms with Crippen molar-refractivity contribution in [1.82, 2.24) is 64.4 Å². The molecule has 7 aromatic heterocycles. The molecule has 11 heterocycles. The highest BCUT2D eigenvalue weighted by Gasteiger charge is 2.49. The summed E-state index contributed by atoms with van der Waals surface area (Å²) in [5.74, 6) is 6.26. The van der Waals surface area contributed by atoms with Gasteiger partial charge in [-0.2, -0.15) is 10.2 Å². The van der Waals surface area contributed by atoms with Crippen LogP contribution in [0.5, 0.6) is 0 Å². The molecule has 0 aliphatic carbocycles. The highest BCUT2D eigenvalue weighted by atomic mass is 35.5. The third kappa shape index (κ3) is 28.1. The molecule has 10 aromatic rings. The maximum atomic E-state index is 12.1. The summed E-state index contributed by atoms with van der Waals surface area (Å²) in [7, 11) is 48.1. The number of carbonyl (C=O) groups excluding carboxylic acids is 1. The number of nitrogens with two attached hydrogens (primary N) is 1. The first-order valence-electron chi connectivity index (χ1n) is 37.7. The Labute approximate surface area is 761 Å². The summed E-state index contributed by atoms with van der Waals surface area (Å²) >= 11 is 6.02. The monoisotopic (exact) mass is 2150 g/mol. The summed E-state index contributed by atoms with van der Waals surface area (Å²) in [4.78, 5) is 59.1. The zero-order chi connectivity index (χ0) is 86.0. The normalized spacial score (nSPS) is 16.8. The number of hydrogen-bond donors (Lipinski definition) is 3. The average molecular weight is 2160 g/mol. The van der Waals surface area contributed by atoms with E-state index >= 15 is 0 Å². The molecule has 4 aliphatic heterocycles. The van der Waals surface area contributed by atoms with Crippen LogP contribution in [-0.4, -0.2) is 148 Å². The Bertz CT molecular complexity index is 5020. The van der Waals surface area contributed by atoms with Crippen LogP contribution in [0.3, 0.4) is 0 Å². The van der Waals surface area contributed by atoms with Crippen molar-refractivity contribution in [2.45, 2.75) is 144 Å². The molecule has 4 aliphatic rings. The number of aliphatic hydroxyl groups excluding tert-OH is 1. The smallest absolute Gasteiger partial charge is 0.407 e. The van der Waals surface area contributed by atoms with E-state index in [0.29, 0.717) is 30.7 Å². The Morgan fingerprint density at radius 2 is 0.924 bits per heavy atom. The molecule has 119 heavy (non-hydrogen) atoms. The average Bonchev–Trinajstić information content (AvgIpc) is 1.73. The van der Waals surface area contributed by atoms with Crippen molar-refractivity contribution < 1.29 is 19.4 Å². The van der Waals surface area contributed by atoms with Gasteiger partial charge in [0.1, 0.15) is 51.5 Å². The Hall–Kier alpha value is 3.46. The Balaban J connectivity index is 0.000000186. The van der Waals surface area contributed by atoms with Gasteiger partial charge in [0.15, 0.2) is 11.3 Å². The topological polar surface area (TPSA) is 244 Å².